The fourth-order valence-electron chi connectivity index (χ4n) is 2.02. The van der Waals surface area contributed by atoms with Crippen molar-refractivity contribution in [3.8, 4) is 5.75 Å². The number of nitrogens with one attached hydrogen (secondary N) is 1. The molecule has 8 heteroatoms. The van der Waals surface area contributed by atoms with Crippen molar-refractivity contribution in [1.29, 1.82) is 0 Å². The van der Waals surface area contributed by atoms with Gasteiger partial charge in [-0.25, -0.2) is 17.9 Å². The highest BCUT2D eigenvalue weighted by Crippen LogP contribution is 2.24. The molecule has 0 saturated carbocycles. The third kappa shape index (κ3) is 4.15. The molecule has 0 saturated heterocycles. The molecule has 1 heterocycles. The van der Waals surface area contributed by atoms with E-state index in [0.717, 1.165) is 5.56 Å². The quantitative estimate of drug-likeness (QED) is 0.767. The maximum atomic E-state index is 12.5. The molecule has 0 aliphatic carbocycles. The Bertz CT molecular complexity index is 825. The fraction of sp³-hybridized carbons (Fsp3) is 0.312. The third-order valence-electron chi connectivity index (χ3n) is 3.18. The van der Waals surface area contributed by atoms with Crippen LogP contribution in [0.2, 0.25) is 0 Å². The molecule has 0 spiro atoms. The summed E-state index contributed by atoms with van der Waals surface area (Å²) in [6.45, 7) is 3.61. The van der Waals surface area contributed by atoms with Gasteiger partial charge >= 0.3 is 5.97 Å². The van der Waals surface area contributed by atoms with Crippen molar-refractivity contribution in [3.63, 3.8) is 0 Å². The smallest absolute Gasteiger partial charge is 0.374 e. The molecule has 1 aromatic carbocycles. The molecule has 0 aliphatic heterocycles. The molecule has 0 unspecified atom stereocenters. The Kier molecular flexibility index (Phi) is 5.63. The summed E-state index contributed by atoms with van der Waals surface area (Å²) in [5.74, 6) is -0.0147. The van der Waals surface area contributed by atoms with E-state index >= 15 is 0 Å². The molecule has 7 nitrogen and oxygen atoms in total. The van der Waals surface area contributed by atoms with Gasteiger partial charge in [0.1, 0.15) is 16.4 Å². The second kappa shape index (κ2) is 7.50. The van der Waals surface area contributed by atoms with Gasteiger partial charge in [-0.1, -0.05) is 6.07 Å². The van der Waals surface area contributed by atoms with Gasteiger partial charge in [0.25, 0.3) is 0 Å². The van der Waals surface area contributed by atoms with Gasteiger partial charge in [-0.05, 0) is 43.7 Å². The van der Waals surface area contributed by atoms with Crippen molar-refractivity contribution in [3.05, 3.63) is 47.4 Å². The van der Waals surface area contributed by atoms with E-state index in [0.29, 0.717) is 5.76 Å². The molecule has 1 N–H and O–H groups in total. The molecular weight excluding hydrogens is 334 g/mol. The van der Waals surface area contributed by atoms with Crippen LogP contribution < -0.4 is 9.46 Å². The predicted molar refractivity (Wildman–Crippen MR) is 86.4 cm³/mol. The van der Waals surface area contributed by atoms with E-state index in [9.17, 15) is 13.2 Å². The number of aryl methyl sites for hydroxylation is 1. The zero-order valence-electron chi connectivity index (χ0n) is 13.7. The van der Waals surface area contributed by atoms with Crippen LogP contribution in [0.4, 0.5) is 0 Å². The zero-order valence-corrected chi connectivity index (χ0v) is 14.5. The summed E-state index contributed by atoms with van der Waals surface area (Å²) in [6.07, 6.45) is 0. The lowest BCUT2D eigenvalue weighted by atomic mass is 10.2. The van der Waals surface area contributed by atoms with Crippen LogP contribution in [0.3, 0.4) is 0 Å². The lowest BCUT2D eigenvalue weighted by molar-refractivity contribution is 0.0488. The normalized spacial score (nSPS) is 11.3. The molecule has 130 valence electrons. The Morgan fingerprint density at radius 1 is 1.25 bits per heavy atom. The van der Waals surface area contributed by atoms with E-state index in [2.05, 4.69) is 4.72 Å². The van der Waals surface area contributed by atoms with Crippen molar-refractivity contribution in [2.45, 2.75) is 25.3 Å². The van der Waals surface area contributed by atoms with Crippen LogP contribution in [0, 0.1) is 6.92 Å². The molecule has 0 amide bonds. The first-order valence-electron chi connectivity index (χ1n) is 7.27. The monoisotopic (exact) mass is 353 g/mol. The second-order valence-corrected chi connectivity index (χ2v) is 6.70. The number of sulfonamides is 1. The molecule has 0 aliphatic rings. The molecule has 0 radical (unpaired) electrons. The summed E-state index contributed by atoms with van der Waals surface area (Å²) in [4.78, 5) is 11.6. The summed E-state index contributed by atoms with van der Waals surface area (Å²) >= 11 is 0. The first-order valence-corrected chi connectivity index (χ1v) is 8.76. The number of carbonyl (C=O) groups excluding carboxylic acids is 1. The average Bonchev–Trinajstić information content (AvgIpc) is 3.02. The number of ether oxygens (including phenoxy) is 2. The van der Waals surface area contributed by atoms with E-state index in [4.69, 9.17) is 13.9 Å². The van der Waals surface area contributed by atoms with E-state index in [1.54, 1.807) is 26.0 Å². The van der Waals surface area contributed by atoms with Gasteiger partial charge in [0, 0.05) is 0 Å². The highest BCUT2D eigenvalue weighted by atomic mass is 32.2. The number of methoxy groups -OCH3 is 1. The number of rotatable bonds is 7. The molecule has 0 atom stereocenters. The van der Waals surface area contributed by atoms with Gasteiger partial charge in [-0.2, -0.15) is 0 Å². The topological polar surface area (TPSA) is 94.8 Å². The minimum Gasteiger partial charge on any atom is -0.495 e. The van der Waals surface area contributed by atoms with Crippen molar-refractivity contribution >= 4 is 16.0 Å². The minimum absolute atomic E-state index is 0.0270. The van der Waals surface area contributed by atoms with E-state index in [-0.39, 0.29) is 29.6 Å². The van der Waals surface area contributed by atoms with E-state index in [1.807, 2.05) is 0 Å². The average molecular weight is 353 g/mol. The number of hydrogen-bond acceptors (Lipinski definition) is 6. The summed E-state index contributed by atoms with van der Waals surface area (Å²) in [5.41, 5.74) is 0.791. The molecule has 2 rings (SSSR count). The molecule has 0 bridgehead atoms. The Balaban J connectivity index is 2.14. The lowest BCUT2D eigenvalue weighted by Crippen LogP contribution is -2.23. The molecule has 2 aromatic rings. The minimum atomic E-state index is -3.80. The number of furan rings is 1. The third-order valence-corrected chi connectivity index (χ3v) is 4.61. The molecule has 24 heavy (non-hydrogen) atoms. The van der Waals surface area contributed by atoms with Crippen molar-refractivity contribution in [1.82, 2.24) is 4.72 Å². The van der Waals surface area contributed by atoms with Crippen LogP contribution in [0.25, 0.3) is 0 Å². The Hall–Kier alpha value is -2.32. The van der Waals surface area contributed by atoms with Crippen LogP contribution in [-0.2, 0) is 21.3 Å². The van der Waals surface area contributed by atoms with Crippen LogP contribution in [0.15, 0.2) is 39.6 Å². The largest absolute Gasteiger partial charge is 0.495 e. The van der Waals surface area contributed by atoms with Crippen LogP contribution >= 0.6 is 0 Å². The number of esters is 1. The maximum Gasteiger partial charge on any atom is 0.374 e. The van der Waals surface area contributed by atoms with E-state index < -0.39 is 16.0 Å². The first-order chi connectivity index (χ1) is 11.4. The van der Waals surface area contributed by atoms with E-state index in [1.165, 1.54) is 25.3 Å². The van der Waals surface area contributed by atoms with Crippen LogP contribution in [0.1, 0.15) is 28.8 Å². The molecule has 0 fully saturated rings. The fourth-order valence-corrected chi connectivity index (χ4v) is 3.27. The Morgan fingerprint density at radius 2 is 2.00 bits per heavy atom. The number of hydrogen-bond donors (Lipinski definition) is 1. The molecule has 1 aromatic heterocycles. The Morgan fingerprint density at radius 3 is 2.67 bits per heavy atom. The Labute approximate surface area is 140 Å². The summed E-state index contributed by atoms with van der Waals surface area (Å²) < 4.78 is 42.5. The lowest BCUT2D eigenvalue weighted by Gasteiger charge is -2.10. The summed E-state index contributed by atoms with van der Waals surface area (Å²) in [7, 11) is -2.39. The number of benzene rings is 1. The van der Waals surface area contributed by atoms with Crippen molar-refractivity contribution < 1.29 is 27.1 Å². The maximum absolute atomic E-state index is 12.5. The van der Waals surface area contributed by atoms with Crippen LogP contribution in [0.5, 0.6) is 5.75 Å². The van der Waals surface area contributed by atoms with Gasteiger partial charge in [0.05, 0.1) is 20.3 Å². The predicted octanol–water partition coefficient (Wildman–Crippen LogP) is 2.25. The number of carbonyl (C=O) groups is 1. The summed E-state index contributed by atoms with van der Waals surface area (Å²) in [6, 6.07) is 7.83. The second-order valence-electron chi connectivity index (χ2n) is 4.97. The van der Waals surface area contributed by atoms with Crippen molar-refractivity contribution in [2.24, 2.45) is 0 Å². The highest BCUT2D eigenvalue weighted by Gasteiger charge is 2.20. The SMILES string of the molecule is CCOC(=O)c1ccc(CNS(=O)(=O)c2cc(C)ccc2OC)o1. The first kappa shape index (κ1) is 18.0. The molecular formula is C16H19NO6S. The van der Waals surface area contributed by atoms with Crippen molar-refractivity contribution in [2.75, 3.05) is 13.7 Å². The zero-order chi connectivity index (χ0) is 17.7. The van der Waals surface area contributed by atoms with Gasteiger partial charge < -0.3 is 13.9 Å². The van der Waals surface area contributed by atoms with Gasteiger partial charge in [0.2, 0.25) is 15.8 Å². The standard InChI is InChI=1S/C16H19NO6S/c1-4-22-16(18)14-8-6-12(23-14)10-17-24(19,20)15-9-11(2)5-7-13(15)21-3/h5-9,17H,4,10H2,1-3H3. The summed E-state index contributed by atoms with van der Waals surface area (Å²) in [5, 5.41) is 0. The van der Waals surface area contributed by atoms with Gasteiger partial charge in [-0.3, -0.25) is 0 Å². The van der Waals surface area contributed by atoms with Gasteiger partial charge in [-0.15, -0.1) is 0 Å². The highest BCUT2D eigenvalue weighted by molar-refractivity contribution is 7.89. The van der Waals surface area contributed by atoms with Gasteiger partial charge in [0.15, 0.2) is 0 Å². The van der Waals surface area contributed by atoms with Crippen LogP contribution in [-0.4, -0.2) is 28.1 Å².